The summed E-state index contributed by atoms with van der Waals surface area (Å²) in [7, 11) is -2.30. The maximum Gasteiger partial charge on any atom is 0.247 e. The van der Waals surface area contributed by atoms with Crippen LogP contribution >= 0.6 is 11.8 Å². The average molecular weight is 490 g/mol. The maximum absolute atomic E-state index is 12.9. The number of hydrogen-bond acceptors (Lipinski definition) is 6. The highest BCUT2D eigenvalue weighted by Crippen LogP contribution is 2.38. The zero-order valence-electron chi connectivity index (χ0n) is 18.5. The molecule has 10 heteroatoms. The fourth-order valence-corrected chi connectivity index (χ4v) is 6.00. The van der Waals surface area contributed by atoms with Gasteiger partial charge >= 0.3 is 0 Å². The summed E-state index contributed by atoms with van der Waals surface area (Å²) in [5.74, 6) is 0.561. The lowest BCUT2D eigenvalue weighted by Gasteiger charge is -2.33. The first-order valence-corrected chi connectivity index (χ1v) is 13.2. The Balaban J connectivity index is 1.47. The van der Waals surface area contributed by atoms with Crippen molar-refractivity contribution in [2.45, 2.75) is 41.4 Å². The van der Waals surface area contributed by atoms with Gasteiger partial charge in [0.25, 0.3) is 0 Å². The Labute approximate surface area is 198 Å². The molecule has 2 amide bonds. The first kappa shape index (κ1) is 23.6. The zero-order valence-corrected chi connectivity index (χ0v) is 20.2. The van der Waals surface area contributed by atoms with Crippen molar-refractivity contribution in [1.29, 1.82) is 0 Å². The van der Waals surface area contributed by atoms with E-state index in [0.29, 0.717) is 40.9 Å². The summed E-state index contributed by atoms with van der Waals surface area (Å²) in [6.45, 7) is 3.55. The molecular weight excluding hydrogens is 462 g/mol. The van der Waals surface area contributed by atoms with E-state index in [4.69, 9.17) is 4.74 Å². The Kier molecular flexibility index (Phi) is 6.96. The summed E-state index contributed by atoms with van der Waals surface area (Å²) in [5, 5.41) is 1.86. The number of rotatable bonds is 6. The first-order chi connectivity index (χ1) is 15.8. The first-order valence-electron chi connectivity index (χ1n) is 10.8. The number of methoxy groups -OCH3 is 1. The number of carbonyl (C=O) groups excluding carboxylic acids is 2. The molecule has 2 aromatic carbocycles. The second-order valence-electron chi connectivity index (χ2n) is 8.29. The molecule has 33 heavy (non-hydrogen) atoms. The van der Waals surface area contributed by atoms with Crippen LogP contribution in [0.15, 0.2) is 52.3 Å². The topological polar surface area (TPSA) is 105 Å². The Morgan fingerprint density at radius 1 is 1.21 bits per heavy atom. The normalized spacial score (nSPS) is 19.0. The standard InChI is InChI=1S/C23H27N3O5S2/c1-15-9-11-26(12-10-15)23(28)21-22(27)25-18-13-17(7-8-20(18)32-21)33(29,30)24-14-16-5-3-4-6-19(16)31-2/h3-8,13,15,21,24H,9-12,14H2,1-2H3,(H,25,27)/t21-/m0/s1. The number of likely N-dealkylation sites (tertiary alicyclic amines) is 1. The highest BCUT2D eigenvalue weighted by Gasteiger charge is 2.37. The molecule has 2 heterocycles. The van der Waals surface area contributed by atoms with Gasteiger partial charge in [0.2, 0.25) is 21.8 Å². The van der Waals surface area contributed by atoms with Gasteiger partial charge < -0.3 is 15.0 Å². The van der Waals surface area contributed by atoms with Gasteiger partial charge in [-0.15, -0.1) is 11.8 Å². The number of benzene rings is 2. The summed E-state index contributed by atoms with van der Waals surface area (Å²) >= 11 is 1.17. The largest absolute Gasteiger partial charge is 0.496 e. The lowest BCUT2D eigenvalue weighted by Crippen LogP contribution is -2.47. The number of fused-ring (bicyclic) bond motifs is 1. The number of hydrogen-bond donors (Lipinski definition) is 2. The van der Waals surface area contributed by atoms with Crippen LogP contribution in [0.2, 0.25) is 0 Å². The van der Waals surface area contributed by atoms with Crippen LogP contribution in [0.25, 0.3) is 0 Å². The van der Waals surface area contributed by atoms with Gasteiger partial charge in [-0.3, -0.25) is 9.59 Å². The molecule has 2 aliphatic heterocycles. The van der Waals surface area contributed by atoms with Crippen molar-refractivity contribution in [1.82, 2.24) is 9.62 Å². The van der Waals surface area contributed by atoms with Crippen molar-refractivity contribution in [3.05, 3.63) is 48.0 Å². The quantitative estimate of drug-likeness (QED) is 0.605. The minimum atomic E-state index is -3.83. The molecule has 0 aromatic heterocycles. The molecule has 176 valence electrons. The van der Waals surface area contributed by atoms with Crippen molar-refractivity contribution in [3.8, 4) is 5.75 Å². The van der Waals surface area contributed by atoms with Crippen LogP contribution in [0, 0.1) is 5.92 Å². The third kappa shape index (κ3) is 5.18. The highest BCUT2D eigenvalue weighted by molar-refractivity contribution is 8.01. The monoisotopic (exact) mass is 489 g/mol. The number of sulfonamides is 1. The summed E-state index contributed by atoms with van der Waals surface area (Å²) in [6.07, 6.45) is 1.87. The zero-order chi connectivity index (χ0) is 23.6. The van der Waals surface area contributed by atoms with Crippen molar-refractivity contribution in [2.24, 2.45) is 5.92 Å². The van der Waals surface area contributed by atoms with Gasteiger partial charge in [0.1, 0.15) is 5.75 Å². The highest BCUT2D eigenvalue weighted by atomic mass is 32.2. The molecule has 0 aliphatic carbocycles. The van der Waals surface area contributed by atoms with E-state index in [1.165, 1.54) is 31.0 Å². The SMILES string of the molecule is COc1ccccc1CNS(=O)(=O)c1ccc2c(c1)NC(=O)[C@@H](C(=O)N1CCC(C)CC1)S2. The van der Waals surface area contributed by atoms with Gasteiger partial charge in [0.15, 0.2) is 5.25 Å². The Hall–Kier alpha value is -2.56. The fraction of sp³-hybridized carbons (Fsp3) is 0.391. The van der Waals surface area contributed by atoms with Crippen molar-refractivity contribution >= 4 is 39.3 Å². The molecule has 0 unspecified atom stereocenters. The fourth-order valence-electron chi connectivity index (χ4n) is 3.92. The number of ether oxygens (including phenoxy) is 1. The van der Waals surface area contributed by atoms with Crippen molar-refractivity contribution in [3.63, 3.8) is 0 Å². The molecule has 2 N–H and O–H groups in total. The summed E-state index contributed by atoms with van der Waals surface area (Å²) < 4.78 is 33.5. The second kappa shape index (κ2) is 9.74. The molecule has 1 saturated heterocycles. The molecule has 2 aliphatic rings. The van der Waals surface area contributed by atoms with E-state index in [1.807, 2.05) is 6.07 Å². The molecular formula is C23H27N3O5S2. The molecule has 8 nitrogen and oxygen atoms in total. The van der Waals surface area contributed by atoms with Gasteiger partial charge in [0, 0.05) is 30.1 Å². The van der Waals surface area contributed by atoms with E-state index in [2.05, 4.69) is 17.0 Å². The van der Waals surface area contributed by atoms with Gasteiger partial charge in [-0.2, -0.15) is 0 Å². The van der Waals surface area contributed by atoms with Gasteiger partial charge in [-0.25, -0.2) is 13.1 Å². The maximum atomic E-state index is 12.9. The predicted molar refractivity (Wildman–Crippen MR) is 127 cm³/mol. The van der Waals surface area contributed by atoms with Crippen LogP contribution in [0.4, 0.5) is 5.69 Å². The van der Waals surface area contributed by atoms with E-state index in [9.17, 15) is 18.0 Å². The number of para-hydroxylation sites is 1. The van der Waals surface area contributed by atoms with Crippen molar-refractivity contribution < 1.29 is 22.7 Å². The van der Waals surface area contributed by atoms with Crippen LogP contribution in [0.3, 0.4) is 0 Å². The minimum absolute atomic E-state index is 0.0341. The molecule has 0 radical (unpaired) electrons. The third-order valence-corrected chi connectivity index (χ3v) is 8.63. The van der Waals surface area contributed by atoms with Crippen LogP contribution in [0.5, 0.6) is 5.75 Å². The van der Waals surface area contributed by atoms with Gasteiger partial charge in [-0.05, 0) is 43.0 Å². The van der Waals surface area contributed by atoms with Crippen LogP contribution < -0.4 is 14.8 Å². The minimum Gasteiger partial charge on any atom is -0.496 e. The molecule has 0 spiro atoms. The Morgan fingerprint density at radius 3 is 2.67 bits per heavy atom. The number of amides is 2. The molecule has 1 fully saturated rings. The van der Waals surface area contributed by atoms with E-state index in [-0.39, 0.29) is 17.3 Å². The van der Waals surface area contributed by atoms with E-state index in [0.717, 1.165) is 12.8 Å². The number of piperidine rings is 1. The van der Waals surface area contributed by atoms with E-state index >= 15 is 0 Å². The average Bonchev–Trinajstić information content (AvgIpc) is 2.82. The van der Waals surface area contributed by atoms with E-state index in [1.54, 1.807) is 29.2 Å². The predicted octanol–water partition coefficient (Wildman–Crippen LogP) is 2.85. The Morgan fingerprint density at radius 2 is 1.94 bits per heavy atom. The third-order valence-electron chi connectivity index (χ3n) is 5.97. The molecule has 0 saturated carbocycles. The van der Waals surface area contributed by atoms with Crippen LogP contribution in [0.1, 0.15) is 25.3 Å². The molecule has 1 atom stereocenters. The number of carbonyl (C=O) groups is 2. The Bertz CT molecular complexity index is 1160. The van der Waals surface area contributed by atoms with Crippen molar-refractivity contribution in [2.75, 3.05) is 25.5 Å². The summed E-state index contributed by atoms with van der Waals surface area (Å²) in [5.41, 5.74) is 1.10. The summed E-state index contributed by atoms with van der Waals surface area (Å²) in [6, 6.07) is 11.7. The van der Waals surface area contributed by atoms with Gasteiger partial charge in [0.05, 0.1) is 17.7 Å². The van der Waals surface area contributed by atoms with Crippen LogP contribution in [-0.2, 0) is 26.2 Å². The number of thioether (sulfide) groups is 1. The number of anilines is 1. The molecule has 2 aromatic rings. The van der Waals surface area contributed by atoms with Gasteiger partial charge in [-0.1, -0.05) is 25.1 Å². The number of nitrogens with zero attached hydrogens (tertiary/aromatic N) is 1. The van der Waals surface area contributed by atoms with E-state index < -0.39 is 21.2 Å². The summed E-state index contributed by atoms with van der Waals surface area (Å²) in [4.78, 5) is 28.1. The molecule has 0 bridgehead atoms. The lowest BCUT2D eigenvalue weighted by atomic mass is 9.99. The smallest absolute Gasteiger partial charge is 0.247 e. The number of nitrogens with one attached hydrogen (secondary N) is 2. The van der Waals surface area contributed by atoms with Crippen LogP contribution in [-0.4, -0.2) is 50.6 Å². The lowest BCUT2D eigenvalue weighted by molar-refractivity contribution is -0.135. The second-order valence-corrected chi connectivity index (χ2v) is 11.2. The molecule has 4 rings (SSSR count).